The number of aromatic carboxylic acids is 1. The molecule has 0 saturated heterocycles. The SMILES string of the molecule is O=C([O-])c1ccc(C[n+]2cc(O)cc(O)c2)cc1. The number of carboxylic acids is 1. The second-order valence-electron chi connectivity index (χ2n) is 3.91. The van der Waals surface area contributed by atoms with Gasteiger partial charge in [-0.3, -0.25) is 0 Å². The summed E-state index contributed by atoms with van der Waals surface area (Å²) in [6.07, 6.45) is 2.93. The van der Waals surface area contributed by atoms with Gasteiger partial charge in [0.05, 0.1) is 5.97 Å². The van der Waals surface area contributed by atoms with Crippen LogP contribution >= 0.6 is 0 Å². The molecule has 2 aromatic rings. The summed E-state index contributed by atoms with van der Waals surface area (Å²) in [6.45, 7) is 0.412. The summed E-state index contributed by atoms with van der Waals surface area (Å²) in [4.78, 5) is 10.6. The van der Waals surface area contributed by atoms with Gasteiger partial charge in [-0.05, 0) is 5.56 Å². The van der Waals surface area contributed by atoms with Crippen molar-refractivity contribution in [3.63, 3.8) is 0 Å². The van der Waals surface area contributed by atoms with Crippen molar-refractivity contribution in [2.24, 2.45) is 0 Å². The Balaban J connectivity index is 2.20. The number of aromatic hydroxyl groups is 2. The third-order valence-corrected chi connectivity index (χ3v) is 2.45. The summed E-state index contributed by atoms with van der Waals surface area (Å²) >= 11 is 0. The van der Waals surface area contributed by atoms with Crippen molar-refractivity contribution in [1.29, 1.82) is 0 Å². The van der Waals surface area contributed by atoms with Gasteiger partial charge in [0.1, 0.15) is 0 Å². The van der Waals surface area contributed by atoms with Crippen molar-refractivity contribution in [3.8, 4) is 11.5 Å². The average Bonchev–Trinajstić information content (AvgIpc) is 2.28. The maximum Gasteiger partial charge on any atom is 0.211 e. The molecular formula is C13H11NO4. The molecule has 0 spiro atoms. The summed E-state index contributed by atoms with van der Waals surface area (Å²) in [5.74, 6) is -1.30. The molecule has 0 atom stereocenters. The van der Waals surface area contributed by atoms with Crippen molar-refractivity contribution in [2.45, 2.75) is 6.54 Å². The van der Waals surface area contributed by atoms with E-state index >= 15 is 0 Å². The summed E-state index contributed by atoms with van der Waals surface area (Å²) in [7, 11) is 0. The number of hydrogen-bond donors (Lipinski definition) is 2. The lowest BCUT2D eigenvalue weighted by atomic mass is 10.1. The maximum atomic E-state index is 10.6. The van der Waals surface area contributed by atoms with Crippen molar-refractivity contribution < 1.29 is 24.7 Å². The summed E-state index contributed by atoms with van der Waals surface area (Å²) in [5.41, 5.74) is 0.956. The molecular weight excluding hydrogens is 234 g/mol. The van der Waals surface area contributed by atoms with E-state index in [1.165, 1.54) is 30.6 Å². The average molecular weight is 245 g/mol. The third-order valence-electron chi connectivity index (χ3n) is 2.45. The Bertz CT molecular complexity index is 558. The minimum Gasteiger partial charge on any atom is -0.545 e. The van der Waals surface area contributed by atoms with Crippen LogP contribution in [0.4, 0.5) is 0 Å². The van der Waals surface area contributed by atoms with Crippen LogP contribution in [-0.4, -0.2) is 16.2 Å². The van der Waals surface area contributed by atoms with Crippen LogP contribution in [0.15, 0.2) is 42.7 Å². The van der Waals surface area contributed by atoms with Crippen LogP contribution < -0.4 is 9.67 Å². The number of nitrogens with zero attached hydrogens (tertiary/aromatic N) is 1. The molecule has 0 radical (unpaired) electrons. The highest BCUT2D eigenvalue weighted by molar-refractivity contribution is 5.85. The number of aromatic nitrogens is 1. The lowest BCUT2D eigenvalue weighted by Gasteiger charge is -2.03. The molecule has 0 saturated carbocycles. The van der Waals surface area contributed by atoms with Crippen molar-refractivity contribution in [3.05, 3.63) is 53.9 Å². The molecule has 5 heteroatoms. The second-order valence-corrected chi connectivity index (χ2v) is 3.91. The molecule has 0 fully saturated rings. The first-order valence-electron chi connectivity index (χ1n) is 5.27. The number of hydrogen-bond acceptors (Lipinski definition) is 4. The Kier molecular flexibility index (Phi) is 3.14. The van der Waals surface area contributed by atoms with Gasteiger partial charge in [-0.25, -0.2) is 0 Å². The molecule has 2 rings (SSSR count). The summed E-state index contributed by atoms with van der Waals surface area (Å²) < 4.78 is 1.60. The molecule has 0 amide bonds. The highest BCUT2D eigenvalue weighted by Gasteiger charge is 2.07. The highest BCUT2D eigenvalue weighted by atomic mass is 16.4. The minimum absolute atomic E-state index is 0.0404. The van der Waals surface area contributed by atoms with E-state index in [4.69, 9.17) is 0 Å². The Labute approximate surface area is 103 Å². The van der Waals surface area contributed by atoms with Crippen LogP contribution in [0, 0.1) is 0 Å². The molecule has 0 bridgehead atoms. The van der Waals surface area contributed by atoms with Crippen LogP contribution in [-0.2, 0) is 6.54 Å². The molecule has 2 N–H and O–H groups in total. The van der Waals surface area contributed by atoms with Gasteiger partial charge in [0.15, 0.2) is 18.0 Å². The number of benzene rings is 1. The molecule has 0 aliphatic carbocycles. The maximum absolute atomic E-state index is 10.6. The standard InChI is InChI=1S/C13H11NO4/c15-11-5-12(16)8-14(7-11)6-9-1-3-10(4-2-9)13(17)18/h1-5,7-8H,6H2,(H2-,15,16,17,18). The number of pyridine rings is 1. The number of rotatable bonds is 3. The normalized spacial score (nSPS) is 10.2. The van der Waals surface area contributed by atoms with E-state index in [2.05, 4.69) is 0 Å². The smallest absolute Gasteiger partial charge is 0.211 e. The molecule has 1 aromatic heterocycles. The fourth-order valence-electron chi connectivity index (χ4n) is 1.65. The quantitative estimate of drug-likeness (QED) is 0.733. The van der Waals surface area contributed by atoms with Crippen LogP contribution in [0.2, 0.25) is 0 Å². The van der Waals surface area contributed by atoms with E-state index < -0.39 is 5.97 Å². The van der Waals surface area contributed by atoms with E-state index in [1.807, 2.05) is 0 Å². The fourth-order valence-corrected chi connectivity index (χ4v) is 1.65. The van der Waals surface area contributed by atoms with Crippen LogP contribution in [0.3, 0.4) is 0 Å². The molecule has 5 nitrogen and oxygen atoms in total. The van der Waals surface area contributed by atoms with Crippen molar-refractivity contribution in [2.75, 3.05) is 0 Å². The number of carbonyl (C=O) groups is 1. The lowest BCUT2D eigenvalue weighted by molar-refractivity contribution is -0.689. The topological polar surface area (TPSA) is 84.5 Å². The highest BCUT2D eigenvalue weighted by Crippen LogP contribution is 2.13. The molecule has 0 unspecified atom stereocenters. The summed E-state index contributed by atoms with van der Waals surface area (Å²) in [5, 5.41) is 29.2. The third kappa shape index (κ3) is 2.76. The van der Waals surface area contributed by atoms with Gasteiger partial charge in [0.25, 0.3) is 0 Å². The van der Waals surface area contributed by atoms with Crippen LogP contribution in [0.5, 0.6) is 11.5 Å². The molecule has 0 aliphatic rings. The second kappa shape index (κ2) is 4.75. The van der Waals surface area contributed by atoms with Crippen molar-refractivity contribution in [1.82, 2.24) is 0 Å². The Morgan fingerprint density at radius 3 is 2.17 bits per heavy atom. The zero-order valence-corrected chi connectivity index (χ0v) is 9.41. The monoisotopic (exact) mass is 245 g/mol. The van der Waals surface area contributed by atoms with Gasteiger partial charge in [0, 0.05) is 11.6 Å². The molecule has 0 aliphatic heterocycles. The Morgan fingerprint density at radius 2 is 1.67 bits per heavy atom. The van der Waals surface area contributed by atoms with Gasteiger partial charge in [-0.1, -0.05) is 24.3 Å². The fraction of sp³-hybridized carbons (Fsp3) is 0.0769. The molecule has 18 heavy (non-hydrogen) atoms. The van der Waals surface area contributed by atoms with E-state index in [9.17, 15) is 20.1 Å². The van der Waals surface area contributed by atoms with E-state index in [-0.39, 0.29) is 17.1 Å². The largest absolute Gasteiger partial charge is 0.545 e. The first-order valence-corrected chi connectivity index (χ1v) is 5.27. The van der Waals surface area contributed by atoms with E-state index in [0.29, 0.717) is 6.54 Å². The molecule has 1 heterocycles. The van der Waals surface area contributed by atoms with E-state index in [0.717, 1.165) is 5.56 Å². The first-order chi connectivity index (χ1) is 8.54. The summed E-state index contributed by atoms with van der Waals surface area (Å²) in [6, 6.07) is 7.44. The predicted molar refractivity (Wildman–Crippen MR) is 59.8 cm³/mol. The van der Waals surface area contributed by atoms with Crippen LogP contribution in [0.25, 0.3) is 0 Å². The zero-order chi connectivity index (χ0) is 13.1. The molecule has 1 aromatic carbocycles. The zero-order valence-electron chi connectivity index (χ0n) is 9.41. The number of carbonyl (C=O) groups excluding carboxylic acids is 1. The predicted octanol–water partition coefficient (Wildman–Crippen LogP) is -0.203. The molecule has 92 valence electrons. The lowest BCUT2D eigenvalue weighted by Crippen LogP contribution is -2.33. The van der Waals surface area contributed by atoms with Gasteiger partial charge in [0.2, 0.25) is 12.4 Å². The van der Waals surface area contributed by atoms with E-state index in [1.54, 1.807) is 16.7 Å². The Morgan fingerprint density at radius 1 is 1.11 bits per heavy atom. The Hall–Kier alpha value is -2.56. The van der Waals surface area contributed by atoms with Gasteiger partial charge in [-0.15, -0.1) is 0 Å². The van der Waals surface area contributed by atoms with Gasteiger partial charge >= 0.3 is 0 Å². The van der Waals surface area contributed by atoms with Crippen molar-refractivity contribution >= 4 is 5.97 Å². The first kappa shape index (κ1) is 11.9. The van der Waals surface area contributed by atoms with Gasteiger partial charge in [-0.2, -0.15) is 4.57 Å². The van der Waals surface area contributed by atoms with Gasteiger partial charge < -0.3 is 20.1 Å². The van der Waals surface area contributed by atoms with Crippen LogP contribution in [0.1, 0.15) is 15.9 Å². The number of carboxylic acid groups (broad SMARTS) is 1. The minimum atomic E-state index is -1.22.